The molecule has 3 heteroatoms. The number of carbonyl (C=O) groups excluding carboxylic acids is 1. The molecule has 1 aliphatic carbocycles. The van der Waals surface area contributed by atoms with Gasteiger partial charge in [-0.25, -0.2) is 0 Å². The largest absolute Gasteiger partial charge is 0.407 e. The van der Waals surface area contributed by atoms with Crippen molar-refractivity contribution in [2.75, 3.05) is 6.61 Å². The lowest BCUT2D eigenvalue weighted by molar-refractivity contribution is -0.123. The van der Waals surface area contributed by atoms with Gasteiger partial charge in [-0.1, -0.05) is 88.0 Å². The summed E-state index contributed by atoms with van der Waals surface area (Å²) in [5.74, 6) is 0.551. The van der Waals surface area contributed by atoms with Crippen molar-refractivity contribution in [3.8, 4) is 0 Å². The lowest BCUT2D eigenvalue weighted by Crippen LogP contribution is -2.67. The summed E-state index contributed by atoms with van der Waals surface area (Å²) in [5, 5.41) is 2.54. The normalized spacial score (nSPS) is 20.0. The monoisotopic (exact) mass is 378 g/mol. The summed E-state index contributed by atoms with van der Waals surface area (Å²) in [6.45, 7) is 11.1. The molecular formula is C24H30O2Si. The molecule has 0 unspecified atom stereocenters. The molecule has 0 radical (unpaired) electrons. The second-order valence-electron chi connectivity index (χ2n) is 8.52. The van der Waals surface area contributed by atoms with Gasteiger partial charge in [-0.05, 0) is 40.2 Å². The van der Waals surface area contributed by atoms with Crippen molar-refractivity contribution in [3.05, 3.63) is 73.3 Å². The Labute approximate surface area is 164 Å². The van der Waals surface area contributed by atoms with Gasteiger partial charge in [0.05, 0.1) is 0 Å². The first kappa shape index (κ1) is 19.8. The van der Waals surface area contributed by atoms with Gasteiger partial charge >= 0.3 is 0 Å². The van der Waals surface area contributed by atoms with E-state index >= 15 is 0 Å². The highest BCUT2D eigenvalue weighted by Gasteiger charge is 2.51. The van der Waals surface area contributed by atoms with Crippen molar-refractivity contribution in [1.29, 1.82) is 0 Å². The molecule has 3 rings (SSSR count). The van der Waals surface area contributed by atoms with E-state index in [-0.39, 0.29) is 16.7 Å². The molecule has 0 heterocycles. The number of hydrogen-bond donors (Lipinski definition) is 0. The molecular weight excluding hydrogens is 348 g/mol. The summed E-state index contributed by atoms with van der Waals surface area (Å²) in [6, 6.07) is 21.3. The van der Waals surface area contributed by atoms with Crippen molar-refractivity contribution < 1.29 is 9.22 Å². The van der Waals surface area contributed by atoms with Crippen LogP contribution < -0.4 is 10.4 Å². The first-order valence-electron chi connectivity index (χ1n) is 9.81. The maximum Gasteiger partial charge on any atom is 0.261 e. The number of carbonyl (C=O) groups is 1. The second kappa shape index (κ2) is 7.95. The first-order chi connectivity index (χ1) is 12.9. The molecule has 0 bridgehead atoms. The minimum absolute atomic E-state index is 0.0304. The summed E-state index contributed by atoms with van der Waals surface area (Å²) < 4.78 is 6.95. The van der Waals surface area contributed by atoms with Gasteiger partial charge < -0.3 is 4.43 Å². The number of benzene rings is 2. The average molecular weight is 379 g/mol. The third kappa shape index (κ3) is 3.71. The van der Waals surface area contributed by atoms with Crippen molar-refractivity contribution in [2.24, 2.45) is 11.8 Å². The Morgan fingerprint density at radius 3 is 1.93 bits per heavy atom. The minimum atomic E-state index is -2.51. The van der Waals surface area contributed by atoms with E-state index in [0.29, 0.717) is 12.5 Å². The molecule has 2 aromatic rings. The molecule has 27 heavy (non-hydrogen) atoms. The van der Waals surface area contributed by atoms with E-state index in [1.807, 2.05) is 0 Å². The van der Waals surface area contributed by atoms with E-state index in [0.717, 1.165) is 12.8 Å². The summed E-state index contributed by atoms with van der Waals surface area (Å²) in [4.78, 5) is 12.1. The van der Waals surface area contributed by atoms with Crippen LogP contribution in [-0.4, -0.2) is 20.7 Å². The third-order valence-corrected chi connectivity index (χ3v) is 10.9. The maximum absolute atomic E-state index is 12.1. The van der Waals surface area contributed by atoms with Crippen LogP contribution in [0.3, 0.4) is 0 Å². The van der Waals surface area contributed by atoms with Crippen LogP contribution in [0.2, 0.25) is 5.04 Å². The van der Waals surface area contributed by atoms with Gasteiger partial charge in [0.1, 0.15) is 0 Å². The van der Waals surface area contributed by atoms with Crippen molar-refractivity contribution in [2.45, 2.75) is 38.7 Å². The van der Waals surface area contributed by atoms with E-state index in [1.165, 1.54) is 16.4 Å². The predicted molar refractivity (Wildman–Crippen MR) is 115 cm³/mol. The van der Waals surface area contributed by atoms with Gasteiger partial charge in [0.15, 0.2) is 5.78 Å². The Morgan fingerprint density at radius 1 is 1.04 bits per heavy atom. The highest BCUT2D eigenvalue weighted by molar-refractivity contribution is 6.99. The van der Waals surface area contributed by atoms with Crippen molar-refractivity contribution >= 4 is 24.5 Å². The zero-order chi connectivity index (χ0) is 19.5. The van der Waals surface area contributed by atoms with Gasteiger partial charge in [-0.3, -0.25) is 4.79 Å². The van der Waals surface area contributed by atoms with Crippen LogP contribution in [0.15, 0.2) is 73.3 Å². The SMILES string of the molecule is C=CC(=O)[C@@H]1CC[C@H]1CO[Si](c1ccccc1)(c1ccccc1)C(C)(C)C. The van der Waals surface area contributed by atoms with Crippen LogP contribution in [0.5, 0.6) is 0 Å². The average Bonchev–Trinajstić information content (AvgIpc) is 2.64. The Bertz CT molecular complexity index is 738. The quantitative estimate of drug-likeness (QED) is 0.529. The fourth-order valence-corrected chi connectivity index (χ4v) is 8.91. The smallest absolute Gasteiger partial charge is 0.261 e. The van der Waals surface area contributed by atoms with Crippen molar-refractivity contribution in [3.63, 3.8) is 0 Å². The molecule has 2 aromatic carbocycles. The molecule has 0 N–H and O–H groups in total. The molecule has 2 nitrogen and oxygen atoms in total. The molecule has 0 saturated heterocycles. The van der Waals surface area contributed by atoms with Crippen LogP contribution in [0.1, 0.15) is 33.6 Å². The second-order valence-corrected chi connectivity index (χ2v) is 12.8. The fourth-order valence-electron chi connectivity index (χ4n) is 4.29. The zero-order valence-electron chi connectivity index (χ0n) is 16.7. The Kier molecular flexibility index (Phi) is 5.83. The van der Waals surface area contributed by atoms with Crippen LogP contribution in [0.4, 0.5) is 0 Å². The molecule has 0 aromatic heterocycles. The number of allylic oxidation sites excluding steroid dienone is 1. The van der Waals surface area contributed by atoms with Crippen LogP contribution in [-0.2, 0) is 9.22 Å². The topological polar surface area (TPSA) is 26.3 Å². The molecule has 1 saturated carbocycles. The predicted octanol–water partition coefficient (Wildman–Crippen LogP) is 4.34. The summed E-state index contributed by atoms with van der Waals surface area (Å²) >= 11 is 0. The molecule has 0 spiro atoms. The van der Waals surface area contributed by atoms with Gasteiger partial charge in [0.2, 0.25) is 0 Å². The van der Waals surface area contributed by atoms with Gasteiger partial charge in [-0.2, -0.15) is 0 Å². The van der Waals surface area contributed by atoms with Gasteiger partial charge in [0, 0.05) is 12.5 Å². The highest BCUT2D eigenvalue weighted by atomic mass is 28.4. The van der Waals surface area contributed by atoms with Gasteiger partial charge in [-0.15, -0.1) is 0 Å². The summed E-state index contributed by atoms with van der Waals surface area (Å²) in [7, 11) is -2.51. The Morgan fingerprint density at radius 2 is 1.56 bits per heavy atom. The highest BCUT2D eigenvalue weighted by Crippen LogP contribution is 2.40. The maximum atomic E-state index is 12.1. The minimum Gasteiger partial charge on any atom is -0.407 e. The molecule has 1 aliphatic rings. The third-order valence-electron chi connectivity index (χ3n) is 5.91. The molecule has 1 fully saturated rings. The molecule has 0 aliphatic heterocycles. The van der Waals surface area contributed by atoms with E-state index < -0.39 is 8.32 Å². The van der Waals surface area contributed by atoms with E-state index in [4.69, 9.17) is 4.43 Å². The van der Waals surface area contributed by atoms with E-state index in [2.05, 4.69) is 88.0 Å². The van der Waals surface area contributed by atoms with Gasteiger partial charge in [0.25, 0.3) is 8.32 Å². The number of hydrogen-bond acceptors (Lipinski definition) is 2. The fraction of sp³-hybridized carbons (Fsp3) is 0.375. The molecule has 142 valence electrons. The van der Waals surface area contributed by atoms with Crippen LogP contribution in [0, 0.1) is 11.8 Å². The molecule has 0 amide bonds. The van der Waals surface area contributed by atoms with E-state index in [9.17, 15) is 4.79 Å². The molecule has 2 atom stereocenters. The number of ketones is 1. The van der Waals surface area contributed by atoms with Crippen molar-refractivity contribution in [1.82, 2.24) is 0 Å². The van der Waals surface area contributed by atoms with E-state index in [1.54, 1.807) is 0 Å². The lowest BCUT2D eigenvalue weighted by atomic mass is 9.72. The summed E-state index contributed by atoms with van der Waals surface area (Å²) in [6.07, 6.45) is 3.49. The zero-order valence-corrected chi connectivity index (χ0v) is 17.7. The summed E-state index contributed by atoms with van der Waals surface area (Å²) in [5.41, 5.74) is 0. The Balaban J connectivity index is 2.00. The standard InChI is InChI=1S/C24H30O2Si/c1-5-23(25)22-17-16-19(22)18-26-27(24(2,3)4,20-12-8-6-9-13-20)21-14-10-7-11-15-21/h5-15,19,22H,1,16-18H2,2-4H3/t19-,22+/m0/s1. The lowest BCUT2D eigenvalue weighted by Gasteiger charge is -2.45. The van der Waals surface area contributed by atoms with Crippen LogP contribution in [0.25, 0.3) is 0 Å². The first-order valence-corrected chi connectivity index (χ1v) is 11.7. The Hall–Kier alpha value is -1.97. The number of rotatable bonds is 7. The van der Waals surface area contributed by atoms with Crippen LogP contribution >= 0.6 is 0 Å².